The van der Waals surface area contributed by atoms with E-state index in [9.17, 15) is 0 Å². The summed E-state index contributed by atoms with van der Waals surface area (Å²) in [7, 11) is 3.26. The SMILES string of the molecule is COc1ccc2c(c1)-c1nc3[n-]c(nc4[nH+]c5nc6[n-]c(nc-2[nH+]1)c1ccc(cc61)oc1ccc2c6nc7[n-]c8nc9[nH+]c(nc%10[n-]c(nc([nH+]6)c2c1)c1cc(ccc%101)oc1ccc4c5c1)c1ccc(cc91)oc1ccc2c4nc5[nH+]c(nc6[n-]c(nc9[nH+]c(nc([n-]4)c2c1)c1cc(ccc91)oc1ccc7c8c1)c1ccccc61)-c1ccccc1-5)c1ccc(OC)cc31.[Cs+].[Cs+].[Rb+]. The Bertz CT molecular complexity index is 10200. The topological polar surface area (TPSA) is 395 Å². The Kier molecular flexibility index (Phi) is 18.3. The largest absolute Gasteiger partial charge is 1.00 e. The molecule has 0 saturated carbocycles. The average Bonchev–Trinajstić information content (AvgIpc) is 1.60. The molecule has 0 amide bonds. The fourth-order valence-electron chi connectivity index (χ4n) is 18.4. The molecule has 33 heteroatoms. The Morgan fingerprint density at radius 2 is 0.412 bits per heavy atom. The number of nitrogens with one attached hydrogen (secondary N) is 6. The fourth-order valence-corrected chi connectivity index (χ4v) is 18.4. The van der Waals surface area contributed by atoms with Crippen LogP contribution in [0.3, 0.4) is 0 Å². The molecule has 6 N–H and O–H groups in total. The van der Waals surface area contributed by atoms with E-state index in [1.54, 1.807) is 14.2 Å². The molecule has 0 atom stereocenters. The van der Waals surface area contributed by atoms with Gasteiger partial charge < -0.3 is 72.0 Å². The molecule has 29 rings (SSSR count). The van der Waals surface area contributed by atoms with Crippen LogP contribution in [0.15, 0.2) is 248 Å². The van der Waals surface area contributed by atoms with Crippen LogP contribution in [-0.2, 0) is 0 Å². The van der Waals surface area contributed by atoms with Crippen LogP contribution < -0.4 is 265 Å². The number of methoxy groups -OCH3 is 2. The van der Waals surface area contributed by atoms with Gasteiger partial charge in [-0.1, -0.05) is 83.4 Å². The zero-order valence-electron chi connectivity index (χ0n) is 69.4. The number of fused-ring (bicyclic) bond motifs is 44. The summed E-state index contributed by atoms with van der Waals surface area (Å²) < 4.78 is 39.6. The molecular weight excluding hydrogens is 1960 g/mol. The predicted molar refractivity (Wildman–Crippen MR) is 479 cm³/mol. The van der Waals surface area contributed by atoms with Gasteiger partial charge >= 0.3 is 196 Å². The van der Waals surface area contributed by atoms with Gasteiger partial charge in [-0.05, 0) is 204 Å². The Labute approximate surface area is 895 Å². The number of nitrogens with zero attached hydrogens (tertiary/aromatic N) is 18. The van der Waals surface area contributed by atoms with Crippen LogP contribution in [-0.4, -0.2) is 74.0 Å². The molecule has 0 fully saturated rings. The molecule has 2 aliphatic heterocycles. The van der Waals surface area contributed by atoms with Gasteiger partial charge in [0.05, 0.1) is 52.3 Å². The Hall–Kier alpha value is -12.6. The van der Waals surface area contributed by atoms with Crippen molar-refractivity contribution in [2.45, 2.75) is 0 Å². The first-order valence-corrected chi connectivity index (χ1v) is 40.9. The summed E-state index contributed by atoms with van der Waals surface area (Å²) in [6, 6.07) is 73.6. The molecule has 0 spiro atoms. The Balaban J connectivity index is 0.00000300. The summed E-state index contributed by atoms with van der Waals surface area (Å²) in [5, 5.41) is 13.9. The predicted octanol–water partition coefficient (Wildman–Crippen LogP) is 7.05. The summed E-state index contributed by atoms with van der Waals surface area (Å²) in [4.78, 5) is 118. The van der Waals surface area contributed by atoms with E-state index in [0.29, 0.717) is 273 Å². The second-order valence-corrected chi connectivity index (χ2v) is 31.8. The van der Waals surface area contributed by atoms with Gasteiger partial charge in [0.15, 0.2) is 39.5 Å². The number of aromatic amines is 6. The second-order valence-electron chi connectivity index (χ2n) is 31.8. The van der Waals surface area contributed by atoms with Crippen LogP contribution in [0.25, 0.3) is 311 Å². The monoisotopic (exact) mass is 2010 g/mol. The van der Waals surface area contributed by atoms with E-state index >= 15 is 0 Å². The van der Waals surface area contributed by atoms with E-state index in [2.05, 4.69) is 29.9 Å². The summed E-state index contributed by atoms with van der Waals surface area (Å²) in [6.07, 6.45) is 0. The summed E-state index contributed by atoms with van der Waals surface area (Å²) in [5.41, 5.74) is 15.3. The summed E-state index contributed by atoms with van der Waals surface area (Å²) in [6.45, 7) is 0. The van der Waals surface area contributed by atoms with Crippen LogP contribution in [0, 0.1) is 0 Å². The minimum atomic E-state index is 0. The van der Waals surface area contributed by atoms with Crippen molar-refractivity contribution in [3.05, 3.63) is 231 Å². The van der Waals surface area contributed by atoms with Gasteiger partial charge in [-0.3, -0.25) is 29.9 Å². The third-order valence-corrected chi connectivity index (χ3v) is 24.4. The van der Waals surface area contributed by atoms with Crippen molar-refractivity contribution in [1.29, 1.82) is 0 Å². The van der Waals surface area contributed by atoms with Gasteiger partial charge in [0.2, 0.25) is 0 Å². The first kappa shape index (κ1) is 79.4. The fraction of sp³-hybridized carbons (Fsp3) is 0.0204. The van der Waals surface area contributed by atoms with Crippen molar-refractivity contribution in [3.8, 4) is 57.1 Å². The molecule has 598 valence electrons. The zero-order valence-corrected chi connectivity index (χ0v) is 86.9. The molecule has 17 heterocycles. The Morgan fingerprint density at radius 1 is 0.198 bits per heavy atom. The van der Waals surface area contributed by atoms with E-state index in [1.165, 1.54) is 0 Å². The first-order valence-electron chi connectivity index (χ1n) is 40.9. The maximum Gasteiger partial charge on any atom is 1.00 e. The first-order chi connectivity index (χ1) is 63.1. The van der Waals surface area contributed by atoms with Crippen molar-refractivity contribution in [2.75, 3.05) is 14.2 Å². The van der Waals surface area contributed by atoms with Gasteiger partial charge in [0, 0.05) is 98.6 Å². The summed E-state index contributed by atoms with van der Waals surface area (Å²) in [5.74, 6) is 3.38. The van der Waals surface area contributed by atoms with E-state index < -0.39 is 0 Å². The molecule has 2 aliphatic rings. The standard InChI is InChI=1S/C98H44N24O6.2Cs.Rb/c1-123-41-11-21-55-65(31-41)89-108-79(55)104-83-59-25-15-45-35-69(59)93(112-83)120-94-70-36-46(16-26-60(70)84(113-94)105-80-56-22-12-42(124-2)32-66(56)90(109-80)118-89)128-50-20-30-64-74(40-50)98-117-88(64)107-86-62-28-18-48-38-72(62)96(115-86)121-95-71-37-47(17-27-61(71)85(114-95)106-87-63-29-19-49(127-45)39-73(63)97(116-87)122-98)125-43-13-23-57-67(33-43)91-110-81(57)102-77-53-9-5-3-7-51(53)75(100-77)99-76-52-8-4-6-10-54(52)78(101-76)103-82-58-24-14-44(126-48)34-68(58)92(111-82)119-91;;;/h3-40H,1-2H3;;;/q-6;3*+1/p+6. The van der Waals surface area contributed by atoms with Crippen molar-refractivity contribution in [2.24, 2.45) is 0 Å². The second kappa shape index (κ2) is 30.2. The van der Waals surface area contributed by atoms with Gasteiger partial charge in [-0.15, -0.1) is 0 Å². The minimum Gasteiger partial charge on any atom is -0.497 e. The van der Waals surface area contributed by atoms with Crippen molar-refractivity contribution >= 4 is 265 Å². The van der Waals surface area contributed by atoms with E-state index in [4.69, 9.17) is 117 Å². The van der Waals surface area contributed by atoms with E-state index in [0.717, 1.165) is 49.2 Å². The number of aromatic nitrogens is 24. The normalized spacial score (nSPS) is 12.2. The van der Waals surface area contributed by atoms with Crippen LogP contribution in [0.5, 0.6) is 11.5 Å². The maximum absolute atomic E-state index is 7.02. The van der Waals surface area contributed by atoms with E-state index in [-0.39, 0.29) is 196 Å². The number of rotatable bonds is 2. The minimum absolute atomic E-state index is 0. The molecule has 40 bridgehead atoms. The number of H-pyrrole nitrogens is 6. The maximum atomic E-state index is 7.02. The van der Waals surface area contributed by atoms with Gasteiger partial charge in [-0.25, -0.2) is 9.97 Å². The number of ether oxygens (including phenoxy) is 2. The van der Waals surface area contributed by atoms with Crippen LogP contribution >= 0.6 is 0 Å². The molecule has 0 unspecified atom stereocenters. The smallest absolute Gasteiger partial charge is 0.497 e. The molecule has 15 aromatic heterocycles. The molecule has 30 nitrogen and oxygen atoms in total. The van der Waals surface area contributed by atoms with Crippen LogP contribution in [0.4, 0.5) is 0 Å². The Morgan fingerprint density at radius 3 is 0.725 bits per heavy atom. The average molecular weight is 2010 g/mol. The number of hydrogen-bond acceptors (Lipinski definition) is 18. The summed E-state index contributed by atoms with van der Waals surface area (Å²) >= 11 is 0. The van der Waals surface area contributed by atoms with Crippen molar-refractivity contribution < 1.29 is 253 Å². The molecule has 0 radical (unpaired) electrons. The van der Waals surface area contributed by atoms with Gasteiger partial charge in [-0.2, -0.15) is 0 Å². The molecular formula is C98H50Cs2N24O6Rb+3. The quantitative estimate of drug-likeness (QED) is 0.167. The van der Waals surface area contributed by atoms with Gasteiger partial charge in [0.25, 0.3) is 39.9 Å². The molecule has 0 saturated heterocycles. The van der Waals surface area contributed by atoms with Crippen molar-refractivity contribution in [3.63, 3.8) is 0 Å². The molecule has 131 heavy (non-hydrogen) atoms. The molecule has 27 aromatic rings. The molecule has 12 aromatic carbocycles. The van der Waals surface area contributed by atoms with Crippen molar-refractivity contribution in [1.82, 2.24) is 89.7 Å². The van der Waals surface area contributed by atoms with Gasteiger partial charge in [0.1, 0.15) is 84.8 Å². The third-order valence-electron chi connectivity index (χ3n) is 24.4. The number of benzene rings is 12. The van der Waals surface area contributed by atoms with E-state index in [1.807, 2.05) is 231 Å². The zero-order chi connectivity index (χ0) is 83.6. The third kappa shape index (κ3) is 12.7. The number of hydrogen-bond donors (Lipinski definition) is 0. The van der Waals surface area contributed by atoms with Crippen LogP contribution in [0.2, 0.25) is 0 Å². The van der Waals surface area contributed by atoms with Crippen LogP contribution in [0.1, 0.15) is 0 Å². The molecule has 0 aliphatic carbocycles.